The third-order valence-corrected chi connectivity index (χ3v) is 3.07. The molecule has 1 aromatic carbocycles. The summed E-state index contributed by atoms with van der Waals surface area (Å²) in [5.74, 6) is -0.219. The van der Waals surface area contributed by atoms with E-state index >= 15 is 0 Å². The SMILES string of the molecule is COc1cc(/C=C/c2cc[n+](CCN)cc2)cc(O)c1O. The summed E-state index contributed by atoms with van der Waals surface area (Å²) in [4.78, 5) is 0. The minimum absolute atomic E-state index is 0.206. The average molecular weight is 287 g/mol. The van der Waals surface area contributed by atoms with E-state index in [0.29, 0.717) is 6.54 Å². The number of phenolic OH excluding ortho intramolecular Hbond substituents is 2. The van der Waals surface area contributed by atoms with Crippen LogP contribution in [0.1, 0.15) is 11.1 Å². The molecule has 0 radical (unpaired) electrons. The van der Waals surface area contributed by atoms with Gasteiger partial charge in [-0.15, -0.1) is 0 Å². The van der Waals surface area contributed by atoms with Crippen LogP contribution in [-0.4, -0.2) is 23.9 Å². The van der Waals surface area contributed by atoms with Gasteiger partial charge in [0.05, 0.1) is 13.7 Å². The predicted octanol–water partition coefficient (Wildman–Crippen LogP) is 1.52. The van der Waals surface area contributed by atoms with Crippen LogP contribution in [0.4, 0.5) is 0 Å². The maximum absolute atomic E-state index is 9.63. The van der Waals surface area contributed by atoms with Crippen LogP contribution in [0.3, 0.4) is 0 Å². The molecule has 0 atom stereocenters. The number of rotatable bonds is 5. The van der Waals surface area contributed by atoms with Gasteiger partial charge in [0.15, 0.2) is 30.4 Å². The Kier molecular flexibility index (Phi) is 4.79. The molecule has 1 heterocycles. The number of benzene rings is 1. The summed E-state index contributed by atoms with van der Waals surface area (Å²) in [6.07, 6.45) is 7.67. The van der Waals surface area contributed by atoms with Gasteiger partial charge in [-0.25, -0.2) is 4.57 Å². The number of nitrogens with two attached hydrogens (primary N) is 1. The number of ether oxygens (including phenoxy) is 1. The van der Waals surface area contributed by atoms with Gasteiger partial charge in [0.2, 0.25) is 5.75 Å². The number of aromatic hydroxyl groups is 2. The predicted molar refractivity (Wildman–Crippen MR) is 80.9 cm³/mol. The molecule has 0 aliphatic heterocycles. The normalized spacial score (nSPS) is 11.0. The van der Waals surface area contributed by atoms with Crippen LogP contribution in [0.15, 0.2) is 36.7 Å². The van der Waals surface area contributed by atoms with Crippen LogP contribution in [0.5, 0.6) is 17.2 Å². The maximum Gasteiger partial charge on any atom is 0.200 e. The van der Waals surface area contributed by atoms with Gasteiger partial charge in [0.1, 0.15) is 0 Å². The van der Waals surface area contributed by atoms with Gasteiger partial charge in [-0.2, -0.15) is 0 Å². The molecule has 21 heavy (non-hydrogen) atoms. The second-order valence-electron chi connectivity index (χ2n) is 4.58. The van der Waals surface area contributed by atoms with Crippen molar-refractivity contribution in [1.82, 2.24) is 0 Å². The molecule has 0 spiro atoms. The summed E-state index contributed by atoms with van der Waals surface area (Å²) in [5.41, 5.74) is 7.26. The summed E-state index contributed by atoms with van der Waals surface area (Å²) in [5, 5.41) is 19.2. The molecule has 5 heteroatoms. The molecule has 0 aliphatic rings. The lowest BCUT2D eigenvalue weighted by molar-refractivity contribution is -0.694. The van der Waals surface area contributed by atoms with Crippen molar-refractivity contribution in [2.45, 2.75) is 6.54 Å². The second kappa shape index (κ2) is 6.76. The van der Waals surface area contributed by atoms with Gasteiger partial charge in [0.25, 0.3) is 0 Å². The average Bonchev–Trinajstić information content (AvgIpc) is 2.50. The number of nitrogens with zero attached hydrogens (tertiary/aromatic N) is 1. The Morgan fingerprint density at radius 1 is 1.14 bits per heavy atom. The minimum Gasteiger partial charge on any atom is -0.504 e. The zero-order valence-corrected chi connectivity index (χ0v) is 11.9. The summed E-state index contributed by atoms with van der Waals surface area (Å²) in [6.45, 7) is 1.39. The van der Waals surface area contributed by atoms with Crippen molar-refractivity contribution < 1.29 is 19.5 Å². The van der Waals surface area contributed by atoms with Crippen LogP contribution >= 0.6 is 0 Å². The van der Waals surface area contributed by atoms with Crippen molar-refractivity contribution in [3.8, 4) is 17.2 Å². The first-order valence-electron chi connectivity index (χ1n) is 6.61. The number of phenols is 2. The maximum atomic E-state index is 9.63. The lowest BCUT2D eigenvalue weighted by Crippen LogP contribution is -2.36. The van der Waals surface area contributed by atoms with Gasteiger partial charge in [-0.3, -0.25) is 0 Å². The van der Waals surface area contributed by atoms with E-state index in [4.69, 9.17) is 10.5 Å². The molecule has 0 saturated heterocycles. The Morgan fingerprint density at radius 3 is 2.43 bits per heavy atom. The van der Waals surface area contributed by atoms with Gasteiger partial charge in [-0.1, -0.05) is 12.2 Å². The Morgan fingerprint density at radius 2 is 1.81 bits per heavy atom. The molecular formula is C16H19N2O3+. The van der Waals surface area contributed by atoms with Gasteiger partial charge >= 0.3 is 0 Å². The molecule has 5 nitrogen and oxygen atoms in total. The monoisotopic (exact) mass is 287 g/mol. The Labute approximate surface area is 123 Å². The molecule has 1 aromatic heterocycles. The van der Waals surface area contributed by atoms with E-state index in [1.165, 1.54) is 13.2 Å². The fourth-order valence-electron chi connectivity index (χ4n) is 1.94. The highest BCUT2D eigenvalue weighted by molar-refractivity contribution is 5.72. The quantitative estimate of drug-likeness (QED) is 0.575. The molecule has 0 fully saturated rings. The first-order valence-corrected chi connectivity index (χ1v) is 6.61. The molecule has 4 N–H and O–H groups in total. The van der Waals surface area contributed by atoms with E-state index in [1.807, 2.05) is 41.2 Å². The largest absolute Gasteiger partial charge is 0.504 e. The Hall–Kier alpha value is -2.53. The molecule has 2 rings (SSSR count). The molecule has 0 saturated carbocycles. The van der Waals surface area contributed by atoms with Crippen LogP contribution in [0.25, 0.3) is 12.2 Å². The molecular weight excluding hydrogens is 268 g/mol. The van der Waals surface area contributed by atoms with Crippen molar-refractivity contribution >= 4 is 12.2 Å². The summed E-state index contributed by atoms with van der Waals surface area (Å²) >= 11 is 0. The highest BCUT2D eigenvalue weighted by Crippen LogP contribution is 2.36. The van der Waals surface area contributed by atoms with Crippen LogP contribution in [0, 0.1) is 0 Å². The summed E-state index contributed by atoms with van der Waals surface area (Å²) in [7, 11) is 1.44. The Balaban J connectivity index is 2.19. The topological polar surface area (TPSA) is 79.6 Å². The lowest BCUT2D eigenvalue weighted by Gasteiger charge is -2.06. The molecule has 0 aliphatic carbocycles. The lowest BCUT2D eigenvalue weighted by atomic mass is 10.1. The van der Waals surface area contributed by atoms with Gasteiger partial charge < -0.3 is 20.7 Å². The minimum atomic E-state index is -0.253. The number of pyridine rings is 1. The molecule has 0 bridgehead atoms. The van der Waals surface area contributed by atoms with Crippen LogP contribution in [-0.2, 0) is 6.54 Å². The summed E-state index contributed by atoms with van der Waals surface area (Å²) < 4.78 is 7.01. The highest BCUT2D eigenvalue weighted by atomic mass is 16.5. The van der Waals surface area contributed by atoms with E-state index in [1.54, 1.807) is 6.07 Å². The number of hydrogen-bond donors (Lipinski definition) is 3. The van der Waals surface area contributed by atoms with E-state index in [0.717, 1.165) is 17.7 Å². The fourth-order valence-corrected chi connectivity index (χ4v) is 1.94. The van der Waals surface area contributed by atoms with Gasteiger partial charge in [0, 0.05) is 12.1 Å². The first-order chi connectivity index (χ1) is 10.1. The van der Waals surface area contributed by atoms with E-state index < -0.39 is 0 Å². The standard InChI is InChI=1S/C16H18N2O3/c1-21-15-11-13(10-14(19)16(15)20)3-2-12-4-7-18(8-5-12)9-6-17/h2-5,7-8,10-11,19H,6,9,17H2,1H3/p+1. The van der Waals surface area contributed by atoms with Crippen molar-refractivity contribution in [2.24, 2.45) is 5.73 Å². The molecule has 0 amide bonds. The van der Waals surface area contributed by atoms with Crippen LogP contribution < -0.4 is 15.0 Å². The highest BCUT2D eigenvalue weighted by Gasteiger charge is 2.08. The van der Waals surface area contributed by atoms with E-state index in [9.17, 15) is 10.2 Å². The zero-order valence-electron chi connectivity index (χ0n) is 11.9. The van der Waals surface area contributed by atoms with Crippen molar-refractivity contribution in [1.29, 1.82) is 0 Å². The van der Waals surface area contributed by atoms with Crippen molar-refractivity contribution in [3.05, 3.63) is 47.8 Å². The van der Waals surface area contributed by atoms with Crippen LogP contribution in [0.2, 0.25) is 0 Å². The van der Waals surface area contributed by atoms with Gasteiger partial charge in [-0.05, 0) is 23.3 Å². The first kappa shape index (κ1) is 14.9. The Bertz CT molecular complexity index is 637. The van der Waals surface area contributed by atoms with Crippen molar-refractivity contribution in [3.63, 3.8) is 0 Å². The third kappa shape index (κ3) is 3.73. The van der Waals surface area contributed by atoms with E-state index in [-0.39, 0.29) is 17.2 Å². The summed E-state index contributed by atoms with van der Waals surface area (Å²) in [6, 6.07) is 7.09. The zero-order chi connectivity index (χ0) is 15.2. The molecule has 110 valence electrons. The number of aromatic nitrogens is 1. The molecule has 0 unspecified atom stereocenters. The molecule has 2 aromatic rings. The number of hydrogen-bond acceptors (Lipinski definition) is 4. The van der Waals surface area contributed by atoms with E-state index in [2.05, 4.69) is 0 Å². The van der Waals surface area contributed by atoms with Crippen molar-refractivity contribution in [2.75, 3.05) is 13.7 Å². The number of methoxy groups -OCH3 is 1. The third-order valence-electron chi connectivity index (χ3n) is 3.07. The second-order valence-corrected chi connectivity index (χ2v) is 4.58. The fraction of sp³-hybridized carbons (Fsp3) is 0.188. The smallest absolute Gasteiger partial charge is 0.200 e.